The maximum atomic E-state index is 7.02. The second-order valence-electron chi connectivity index (χ2n) is 23.9. The first kappa shape index (κ1) is 47.0. The number of rotatable bonds is 6. The molecule has 368 valence electrons. The first-order valence-electron chi connectivity index (χ1n) is 26.5. The van der Waals surface area contributed by atoms with E-state index >= 15 is 0 Å². The number of thiophene rings is 1. The highest BCUT2D eigenvalue weighted by Crippen LogP contribution is 2.52. The molecule has 6 heteroatoms. The summed E-state index contributed by atoms with van der Waals surface area (Å²) in [5.74, 6) is 0. The van der Waals surface area contributed by atoms with Gasteiger partial charge in [-0.15, -0.1) is 11.3 Å². The predicted octanol–water partition coefficient (Wildman–Crippen LogP) is 18.2. The summed E-state index contributed by atoms with van der Waals surface area (Å²) < 4.78 is 9.67. The summed E-state index contributed by atoms with van der Waals surface area (Å²) in [6.45, 7) is 23.0. The molecule has 0 radical (unpaired) electrons. The van der Waals surface area contributed by atoms with Gasteiger partial charge in [-0.2, -0.15) is 0 Å². The van der Waals surface area contributed by atoms with Crippen molar-refractivity contribution in [3.63, 3.8) is 0 Å². The van der Waals surface area contributed by atoms with Crippen LogP contribution >= 0.6 is 11.3 Å². The summed E-state index contributed by atoms with van der Waals surface area (Å²) in [5.41, 5.74) is 21.9. The lowest BCUT2D eigenvalue weighted by molar-refractivity contribution is 0.590. The standard InChI is InChI=1S/C69H62BN3OS/c1-43-38-59-63-60(39-43)73(57-26-19-25-52-51-24-17-18-27-61(51)74-65(52)57)58-42-50(34-35-55(58)70(63)66-64(72(59)48-22-15-12-16-23-48)54-41-47(69(8,9)10)31-37-62(54)75-66)71(49-32-28-45(29-33-49)67(2,3)4)56-36-30-46(68(5,6)7)40-53(56)44-20-13-11-14-21-44/h11-42H,1-10H3. The summed E-state index contributed by atoms with van der Waals surface area (Å²) in [4.78, 5) is 7.60. The van der Waals surface area contributed by atoms with Crippen LogP contribution in [0.1, 0.15) is 84.6 Å². The minimum Gasteiger partial charge on any atom is -0.454 e. The first-order valence-corrected chi connectivity index (χ1v) is 27.3. The third kappa shape index (κ3) is 7.70. The summed E-state index contributed by atoms with van der Waals surface area (Å²) in [6.07, 6.45) is 0. The van der Waals surface area contributed by atoms with Crippen LogP contribution in [0.2, 0.25) is 0 Å². The second kappa shape index (κ2) is 17.1. The number of benzene rings is 9. The molecule has 0 N–H and O–H groups in total. The van der Waals surface area contributed by atoms with E-state index in [0.717, 1.165) is 61.8 Å². The third-order valence-electron chi connectivity index (χ3n) is 15.7. The molecule has 9 aromatic carbocycles. The molecule has 4 heterocycles. The van der Waals surface area contributed by atoms with Crippen molar-refractivity contribution >= 4 is 117 Å². The number of hydrogen-bond donors (Lipinski definition) is 0. The van der Waals surface area contributed by atoms with Crippen LogP contribution in [0.25, 0.3) is 43.2 Å². The van der Waals surface area contributed by atoms with Crippen LogP contribution in [-0.2, 0) is 16.2 Å². The van der Waals surface area contributed by atoms with Gasteiger partial charge in [0.2, 0.25) is 0 Å². The number of furan rings is 1. The Bertz CT molecular complexity index is 4040. The molecule has 75 heavy (non-hydrogen) atoms. The van der Waals surface area contributed by atoms with Crippen molar-refractivity contribution in [2.45, 2.75) is 85.5 Å². The van der Waals surface area contributed by atoms with Crippen molar-refractivity contribution in [1.82, 2.24) is 0 Å². The normalized spacial score (nSPS) is 13.4. The maximum Gasteiger partial charge on any atom is 0.264 e. The fourth-order valence-corrected chi connectivity index (χ4v) is 13.1. The van der Waals surface area contributed by atoms with Gasteiger partial charge in [-0.25, -0.2) is 0 Å². The van der Waals surface area contributed by atoms with Crippen LogP contribution in [0.15, 0.2) is 199 Å². The quantitative estimate of drug-likeness (QED) is 0.155. The van der Waals surface area contributed by atoms with Crippen molar-refractivity contribution in [2.24, 2.45) is 0 Å². The zero-order valence-electron chi connectivity index (χ0n) is 44.7. The molecule has 0 bridgehead atoms. The fourth-order valence-electron chi connectivity index (χ4n) is 11.8. The average Bonchev–Trinajstić information content (AvgIpc) is 4.07. The molecule has 11 aromatic rings. The zero-order valence-corrected chi connectivity index (χ0v) is 45.5. The van der Waals surface area contributed by atoms with Crippen molar-refractivity contribution in [3.8, 4) is 11.1 Å². The van der Waals surface area contributed by atoms with Gasteiger partial charge in [0.15, 0.2) is 5.58 Å². The molecule has 2 aliphatic heterocycles. The van der Waals surface area contributed by atoms with E-state index < -0.39 is 0 Å². The van der Waals surface area contributed by atoms with Crippen molar-refractivity contribution in [2.75, 3.05) is 14.7 Å². The molecule has 0 saturated heterocycles. The molecule has 0 saturated carbocycles. The smallest absolute Gasteiger partial charge is 0.264 e. The Labute approximate surface area is 446 Å². The van der Waals surface area contributed by atoms with Gasteiger partial charge in [0, 0.05) is 65.3 Å². The average molecular weight is 992 g/mol. The lowest BCUT2D eigenvalue weighted by Crippen LogP contribution is -2.60. The van der Waals surface area contributed by atoms with Gasteiger partial charge in [-0.05, 0) is 147 Å². The number of para-hydroxylation sites is 3. The monoisotopic (exact) mass is 991 g/mol. The third-order valence-corrected chi connectivity index (χ3v) is 17.0. The molecule has 0 spiro atoms. The van der Waals surface area contributed by atoms with E-state index in [1.165, 1.54) is 70.5 Å². The summed E-state index contributed by atoms with van der Waals surface area (Å²) in [6, 6.07) is 72.8. The van der Waals surface area contributed by atoms with E-state index in [1.54, 1.807) is 0 Å². The molecule has 0 unspecified atom stereocenters. The van der Waals surface area contributed by atoms with E-state index in [-0.39, 0.29) is 23.0 Å². The van der Waals surface area contributed by atoms with Crippen molar-refractivity contribution in [1.29, 1.82) is 0 Å². The summed E-state index contributed by atoms with van der Waals surface area (Å²) in [7, 11) is 0. The molecule has 2 aliphatic rings. The van der Waals surface area contributed by atoms with Gasteiger partial charge >= 0.3 is 0 Å². The molecule has 2 aromatic heterocycles. The Balaban J connectivity index is 1.13. The van der Waals surface area contributed by atoms with Crippen LogP contribution in [-0.4, -0.2) is 6.71 Å². The number of nitrogens with zero attached hydrogens (tertiary/aromatic N) is 3. The number of fused-ring (bicyclic) bond motifs is 9. The van der Waals surface area contributed by atoms with Crippen LogP contribution in [0, 0.1) is 6.92 Å². The van der Waals surface area contributed by atoms with Gasteiger partial charge in [0.25, 0.3) is 6.71 Å². The van der Waals surface area contributed by atoms with Crippen LogP contribution < -0.4 is 30.4 Å². The SMILES string of the molecule is Cc1cc2c3c(c1)N(c1cccc4c1oc1ccccc14)c1cc(N(c4ccc(C(C)(C)C)cc4)c4ccc(C(C)(C)C)cc4-c4ccccc4)ccc1B3c1sc3ccc(C(C)(C)C)cc3c1N2c1ccccc1. The lowest BCUT2D eigenvalue weighted by atomic mass is 9.36. The molecule has 0 fully saturated rings. The van der Waals surface area contributed by atoms with E-state index in [0.29, 0.717) is 0 Å². The zero-order chi connectivity index (χ0) is 51.7. The Morgan fingerprint density at radius 2 is 1.09 bits per heavy atom. The van der Waals surface area contributed by atoms with Crippen molar-refractivity contribution in [3.05, 3.63) is 216 Å². The Morgan fingerprint density at radius 1 is 0.480 bits per heavy atom. The molecule has 0 amide bonds. The maximum absolute atomic E-state index is 7.02. The number of aryl methyl sites for hydroxylation is 1. The second-order valence-corrected chi connectivity index (χ2v) is 25.0. The Hall–Kier alpha value is -7.80. The van der Waals surface area contributed by atoms with E-state index in [1.807, 2.05) is 11.3 Å². The molecule has 13 rings (SSSR count). The largest absolute Gasteiger partial charge is 0.454 e. The van der Waals surface area contributed by atoms with E-state index in [9.17, 15) is 0 Å². The molecule has 0 aliphatic carbocycles. The topological polar surface area (TPSA) is 22.9 Å². The van der Waals surface area contributed by atoms with Crippen LogP contribution in [0.5, 0.6) is 0 Å². The molecule has 4 nitrogen and oxygen atoms in total. The number of anilines is 9. The molecular formula is C69H62BN3OS. The van der Waals surface area contributed by atoms with Crippen LogP contribution in [0.3, 0.4) is 0 Å². The molecule has 0 atom stereocenters. The van der Waals surface area contributed by atoms with Gasteiger partial charge in [-0.3, -0.25) is 0 Å². The first-order chi connectivity index (χ1) is 36.0. The van der Waals surface area contributed by atoms with Gasteiger partial charge < -0.3 is 19.1 Å². The summed E-state index contributed by atoms with van der Waals surface area (Å²) >= 11 is 1.95. The highest BCUT2D eigenvalue weighted by Gasteiger charge is 2.46. The number of hydrogen-bond acceptors (Lipinski definition) is 5. The molecular weight excluding hydrogens is 930 g/mol. The highest BCUT2D eigenvalue weighted by atomic mass is 32.1. The Kier molecular flexibility index (Phi) is 10.7. The lowest BCUT2D eigenvalue weighted by Gasteiger charge is -2.43. The predicted molar refractivity (Wildman–Crippen MR) is 324 cm³/mol. The fraction of sp³-hybridized carbons (Fsp3) is 0.188. The van der Waals surface area contributed by atoms with Gasteiger partial charge in [-0.1, -0.05) is 172 Å². The minimum absolute atomic E-state index is 0.00284. The van der Waals surface area contributed by atoms with Crippen molar-refractivity contribution < 1.29 is 4.42 Å². The Morgan fingerprint density at radius 3 is 1.81 bits per heavy atom. The van der Waals surface area contributed by atoms with Gasteiger partial charge in [0.05, 0.1) is 17.1 Å². The highest BCUT2D eigenvalue weighted by molar-refractivity contribution is 7.33. The van der Waals surface area contributed by atoms with E-state index in [4.69, 9.17) is 4.42 Å². The summed E-state index contributed by atoms with van der Waals surface area (Å²) in [5, 5.41) is 3.51. The van der Waals surface area contributed by atoms with E-state index in [2.05, 4.69) is 278 Å². The van der Waals surface area contributed by atoms with Gasteiger partial charge in [0.1, 0.15) is 5.58 Å². The van der Waals surface area contributed by atoms with Crippen LogP contribution in [0.4, 0.5) is 51.2 Å². The minimum atomic E-state index is -0.0540.